The molecule has 0 spiro atoms. The first kappa shape index (κ1) is 18.8. The Balaban J connectivity index is 1.28. The number of sulfonamides is 1. The maximum absolute atomic E-state index is 13.2. The highest BCUT2D eigenvalue weighted by Gasteiger charge is 2.38. The molecule has 4 heterocycles. The third-order valence-corrected chi connectivity index (χ3v) is 8.25. The van der Waals surface area contributed by atoms with Crippen LogP contribution in [0.1, 0.15) is 42.9 Å². The van der Waals surface area contributed by atoms with E-state index >= 15 is 0 Å². The van der Waals surface area contributed by atoms with Gasteiger partial charge in [-0.05, 0) is 60.2 Å². The maximum atomic E-state index is 13.2. The molecule has 29 heavy (non-hydrogen) atoms. The fourth-order valence-electron chi connectivity index (χ4n) is 4.73. The zero-order valence-corrected chi connectivity index (χ0v) is 17.7. The molecule has 0 N–H and O–H groups in total. The predicted molar refractivity (Wildman–Crippen MR) is 112 cm³/mol. The quantitative estimate of drug-likeness (QED) is 0.735. The van der Waals surface area contributed by atoms with E-state index in [-0.39, 0.29) is 22.8 Å². The van der Waals surface area contributed by atoms with E-state index in [1.807, 2.05) is 17.0 Å². The van der Waals surface area contributed by atoms with Crippen LogP contribution >= 0.6 is 11.3 Å². The second-order valence-electron chi connectivity index (χ2n) is 7.89. The highest BCUT2D eigenvalue weighted by atomic mass is 32.2. The Morgan fingerprint density at radius 3 is 2.62 bits per heavy atom. The number of likely N-dealkylation sites (tertiary alicyclic amines) is 2. The minimum atomic E-state index is -3.61. The molecule has 0 aliphatic carbocycles. The molecule has 1 amide bonds. The number of thiophene rings is 1. The van der Waals surface area contributed by atoms with Gasteiger partial charge in [-0.3, -0.25) is 4.79 Å². The van der Waals surface area contributed by atoms with Crippen molar-refractivity contribution in [3.05, 3.63) is 52.2 Å². The van der Waals surface area contributed by atoms with Crippen LogP contribution in [0, 0.1) is 5.92 Å². The Hall–Kier alpha value is -2.19. The number of rotatable bonds is 2. The maximum Gasteiger partial charge on any atom is 0.285 e. The van der Waals surface area contributed by atoms with E-state index in [4.69, 9.17) is 0 Å². The van der Waals surface area contributed by atoms with Crippen LogP contribution in [-0.4, -0.2) is 49.6 Å². The molecule has 0 saturated carbocycles. The molecule has 2 saturated heterocycles. The van der Waals surface area contributed by atoms with E-state index in [1.54, 1.807) is 23.5 Å². The van der Waals surface area contributed by atoms with Crippen LogP contribution in [0.25, 0.3) is 0 Å². The summed E-state index contributed by atoms with van der Waals surface area (Å²) < 4.78 is 28.7. The van der Waals surface area contributed by atoms with E-state index < -0.39 is 10.0 Å². The first-order valence-corrected chi connectivity index (χ1v) is 12.4. The zero-order chi connectivity index (χ0) is 20.0. The summed E-state index contributed by atoms with van der Waals surface area (Å²) in [7, 11) is -3.61. The second kappa shape index (κ2) is 7.25. The average Bonchev–Trinajstić information content (AvgIpc) is 3.47. The van der Waals surface area contributed by atoms with Gasteiger partial charge in [-0.25, -0.2) is 0 Å². The van der Waals surface area contributed by atoms with Gasteiger partial charge in [0.1, 0.15) is 4.90 Å². The lowest BCUT2D eigenvalue weighted by Crippen LogP contribution is -2.44. The van der Waals surface area contributed by atoms with Crippen molar-refractivity contribution in [2.24, 2.45) is 10.3 Å². The minimum absolute atomic E-state index is 0.000611. The van der Waals surface area contributed by atoms with Crippen molar-refractivity contribution in [3.8, 4) is 0 Å². The number of amidine groups is 1. The number of fused-ring (bicyclic) bond motifs is 1. The van der Waals surface area contributed by atoms with Gasteiger partial charge in [-0.15, -0.1) is 4.40 Å². The van der Waals surface area contributed by atoms with Crippen LogP contribution in [0.2, 0.25) is 0 Å². The molecule has 0 bridgehead atoms. The Labute approximate surface area is 174 Å². The molecule has 5 rings (SSSR count). The summed E-state index contributed by atoms with van der Waals surface area (Å²) in [6.45, 7) is 2.13. The summed E-state index contributed by atoms with van der Waals surface area (Å²) in [6.07, 6.45) is 3.54. The van der Waals surface area contributed by atoms with Crippen molar-refractivity contribution < 1.29 is 13.2 Å². The molecule has 3 aliphatic heterocycles. The van der Waals surface area contributed by atoms with Gasteiger partial charge in [-0.2, -0.15) is 19.8 Å². The summed E-state index contributed by atoms with van der Waals surface area (Å²) in [6, 6.07) is 9.31. The van der Waals surface area contributed by atoms with E-state index in [1.165, 1.54) is 5.56 Å². The lowest BCUT2D eigenvalue weighted by molar-refractivity contribution is -0.137. The van der Waals surface area contributed by atoms with Crippen LogP contribution in [0.3, 0.4) is 0 Å². The van der Waals surface area contributed by atoms with Crippen LogP contribution in [0.5, 0.6) is 0 Å². The fourth-order valence-corrected chi connectivity index (χ4v) is 6.67. The van der Waals surface area contributed by atoms with Gasteiger partial charge in [0, 0.05) is 31.1 Å². The molecule has 1 aromatic heterocycles. The zero-order valence-electron chi connectivity index (χ0n) is 16.0. The molecule has 1 atom stereocenters. The SMILES string of the molecule is O=C(C1CCN(C2=NS(=O)(=O)c3ccccc32)CC1)N1CCCC1c1ccsc1. The van der Waals surface area contributed by atoms with E-state index in [0.717, 1.165) is 32.2 Å². The summed E-state index contributed by atoms with van der Waals surface area (Å²) in [5.74, 6) is 0.780. The largest absolute Gasteiger partial charge is 0.355 e. The topological polar surface area (TPSA) is 70.0 Å². The van der Waals surface area contributed by atoms with Crippen LogP contribution in [-0.2, 0) is 14.8 Å². The third-order valence-electron chi connectivity index (χ3n) is 6.22. The van der Waals surface area contributed by atoms with E-state index in [2.05, 4.69) is 26.1 Å². The van der Waals surface area contributed by atoms with Crippen molar-refractivity contribution in [1.82, 2.24) is 9.80 Å². The second-order valence-corrected chi connectivity index (χ2v) is 10.2. The number of hydrogen-bond donors (Lipinski definition) is 0. The lowest BCUT2D eigenvalue weighted by atomic mass is 9.94. The summed E-state index contributed by atoms with van der Waals surface area (Å²) in [4.78, 5) is 17.6. The molecular formula is C21H23N3O3S2. The number of carbonyl (C=O) groups excluding carboxylic acids is 1. The molecule has 152 valence electrons. The van der Waals surface area contributed by atoms with Gasteiger partial charge in [0.25, 0.3) is 10.0 Å². The standard InChI is InChI=1S/C21H23N3O3S2/c25-21(24-10-3-5-18(24)16-9-13-28-14-16)15-7-11-23(12-8-15)20-17-4-1-2-6-19(17)29(26,27)22-20/h1-2,4,6,9,13-15,18H,3,5,7-8,10-12H2. The summed E-state index contributed by atoms with van der Waals surface area (Å²) in [5, 5.41) is 4.22. The van der Waals surface area contributed by atoms with E-state index in [0.29, 0.717) is 24.5 Å². The number of amides is 1. The number of carbonyl (C=O) groups is 1. The van der Waals surface area contributed by atoms with Crippen LogP contribution in [0.4, 0.5) is 0 Å². The lowest BCUT2D eigenvalue weighted by Gasteiger charge is -2.35. The van der Waals surface area contributed by atoms with Crippen molar-refractivity contribution in [2.45, 2.75) is 36.6 Å². The van der Waals surface area contributed by atoms with Crippen molar-refractivity contribution >= 4 is 33.1 Å². The highest BCUT2D eigenvalue weighted by molar-refractivity contribution is 7.90. The van der Waals surface area contributed by atoms with Crippen molar-refractivity contribution in [1.29, 1.82) is 0 Å². The Morgan fingerprint density at radius 2 is 1.86 bits per heavy atom. The molecule has 1 aromatic carbocycles. The first-order valence-electron chi connectivity index (χ1n) is 10.1. The van der Waals surface area contributed by atoms with Gasteiger partial charge in [0.2, 0.25) is 5.91 Å². The fraction of sp³-hybridized carbons (Fsp3) is 0.429. The van der Waals surface area contributed by atoms with Crippen molar-refractivity contribution in [2.75, 3.05) is 19.6 Å². The smallest absolute Gasteiger partial charge is 0.285 e. The van der Waals surface area contributed by atoms with Crippen molar-refractivity contribution in [3.63, 3.8) is 0 Å². The minimum Gasteiger partial charge on any atom is -0.355 e. The van der Waals surface area contributed by atoms with Gasteiger partial charge >= 0.3 is 0 Å². The van der Waals surface area contributed by atoms with Crippen LogP contribution < -0.4 is 0 Å². The number of nitrogens with zero attached hydrogens (tertiary/aromatic N) is 3. The molecule has 6 nitrogen and oxygen atoms in total. The molecule has 2 fully saturated rings. The van der Waals surface area contributed by atoms with Gasteiger partial charge < -0.3 is 9.80 Å². The average molecular weight is 430 g/mol. The Bertz CT molecular complexity index is 1050. The number of benzene rings is 1. The normalized spacial score (nSPS) is 23.9. The first-order chi connectivity index (χ1) is 14.0. The monoisotopic (exact) mass is 429 g/mol. The van der Waals surface area contributed by atoms with E-state index in [9.17, 15) is 13.2 Å². The van der Waals surface area contributed by atoms with Gasteiger partial charge in [0.15, 0.2) is 5.84 Å². The Kier molecular flexibility index (Phi) is 4.70. The molecule has 2 aromatic rings. The van der Waals surface area contributed by atoms with Crippen LogP contribution in [0.15, 0.2) is 50.4 Å². The molecule has 3 aliphatic rings. The molecular weight excluding hydrogens is 406 g/mol. The highest BCUT2D eigenvalue weighted by Crippen LogP contribution is 2.36. The molecule has 0 radical (unpaired) electrons. The third kappa shape index (κ3) is 3.28. The van der Waals surface area contributed by atoms with Gasteiger partial charge in [0.05, 0.1) is 6.04 Å². The molecule has 8 heteroatoms. The predicted octanol–water partition coefficient (Wildman–Crippen LogP) is 3.27. The Morgan fingerprint density at radius 1 is 1.07 bits per heavy atom. The van der Waals surface area contributed by atoms with Gasteiger partial charge in [-0.1, -0.05) is 12.1 Å². The summed E-state index contributed by atoms with van der Waals surface area (Å²) in [5.41, 5.74) is 1.93. The molecule has 1 unspecified atom stereocenters. The number of piperidine rings is 1. The summed E-state index contributed by atoms with van der Waals surface area (Å²) >= 11 is 1.68. The number of hydrogen-bond acceptors (Lipinski definition) is 5.